The summed E-state index contributed by atoms with van der Waals surface area (Å²) < 4.78 is 6.19. The number of benzene rings is 2. The molecule has 0 aliphatic carbocycles. The summed E-state index contributed by atoms with van der Waals surface area (Å²) in [5.41, 5.74) is 2.50. The minimum atomic E-state index is -0.871. The van der Waals surface area contributed by atoms with Gasteiger partial charge in [0.1, 0.15) is 10.8 Å². The van der Waals surface area contributed by atoms with Gasteiger partial charge in [0.15, 0.2) is 0 Å². The summed E-state index contributed by atoms with van der Waals surface area (Å²) in [4.78, 5) is 15.8. The van der Waals surface area contributed by atoms with Crippen LogP contribution < -0.4 is 4.74 Å². The summed E-state index contributed by atoms with van der Waals surface area (Å²) in [5.74, 6) is -0.106. The number of ether oxygens (including phenoxy) is 1. The number of fused-ring (bicyclic) bond motifs is 1. The highest BCUT2D eigenvalue weighted by atomic mass is 32.1. The van der Waals surface area contributed by atoms with E-state index in [-0.39, 0.29) is 6.42 Å². The molecule has 1 N–H and O–H groups in total. The first kappa shape index (κ1) is 15.2. The molecule has 0 saturated heterocycles. The van der Waals surface area contributed by atoms with Gasteiger partial charge < -0.3 is 9.84 Å². The van der Waals surface area contributed by atoms with Crippen molar-refractivity contribution in [2.45, 2.75) is 6.42 Å². The molecule has 0 unspecified atom stereocenters. The average Bonchev–Trinajstić information content (AvgIpc) is 2.98. The quantitative estimate of drug-likeness (QED) is 0.759. The van der Waals surface area contributed by atoms with Crippen molar-refractivity contribution >= 4 is 39.2 Å². The Morgan fingerprint density at radius 2 is 1.96 bits per heavy atom. The second-order valence-corrected chi connectivity index (χ2v) is 6.03. The van der Waals surface area contributed by atoms with Gasteiger partial charge >= 0.3 is 5.97 Å². The van der Waals surface area contributed by atoms with Gasteiger partial charge in [-0.3, -0.25) is 4.79 Å². The van der Waals surface area contributed by atoms with Crippen molar-refractivity contribution in [3.05, 3.63) is 59.1 Å². The topological polar surface area (TPSA) is 59.4 Å². The molecule has 0 aliphatic rings. The van der Waals surface area contributed by atoms with Crippen LogP contribution in [0.3, 0.4) is 0 Å². The zero-order valence-corrected chi connectivity index (χ0v) is 13.3. The Morgan fingerprint density at radius 1 is 1.22 bits per heavy atom. The molecule has 0 amide bonds. The van der Waals surface area contributed by atoms with Gasteiger partial charge in [0.05, 0.1) is 23.7 Å². The number of methoxy groups -OCH3 is 1. The predicted molar refractivity (Wildman–Crippen MR) is 92.7 cm³/mol. The second-order valence-electron chi connectivity index (χ2n) is 5.00. The molecular weight excluding hydrogens is 310 g/mol. The van der Waals surface area contributed by atoms with E-state index in [0.29, 0.717) is 5.57 Å². The molecule has 0 spiro atoms. The van der Waals surface area contributed by atoms with Crippen LogP contribution in [0.15, 0.2) is 48.5 Å². The van der Waals surface area contributed by atoms with Crippen LogP contribution in [-0.4, -0.2) is 23.2 Å². The maximum Gasteiger partial charge on any atom is 0.307 e. The SMILES string of the molecule is COc1ccc(/C=C(/CC(=O)O)c2nc3ccccc3s2)cc1. The molecule has 116 valence electrons. The molecule has 0 radical (unpaired) electrons. The van der Waals surface area contributed by atoms with Crippen LogP contribution in [0, 0.1) is 0 Å². The number of aliphatic carboxylic acids is 1. The summed E-state index contributed by atoms with van der Waals surface area (Å²) in [6, 6.07) is 15.3. The fourth-order valence-corrected chi connectivity index (χ4v) is 3.24. The summed E-state index contributed by atoms with van der Waals surface area (Å²) >= 11 is 1.51. The van der Waals surface area contributed by atoms with Crippen molar-refractivity contribution < 1.29 is 14.6 Å². The third-order valence-corrected chi connectivity index (χ3v) is 4.48. The van der Waals surface area contributed by atoms with Crippen molar-refractivity contribution in [3.8, 4) is 5.75 Å². The number of para-hydroxylation sites is 1. The lowest BCUT2D eigenvalue weighted by atomic mass is 10.1. The smallest absolute Gasteiger partial charge is 0.307 e. The number of nitrogens with zero attached hydrogens (tertiary/aromatic N) is 1. The highest BCUT2D eigenvalue weighted by Gasteiger charge is 2.12. The molecule has 3 rings (SSSR count). The summed E-state index contributed by atoms with van der Waals surface area (Å²) in [7, 11) is 1.61. The Hall–Kier alpha value is -2.66. The fourth-order valence-electron chi connectivity index (χ4n) is 2.26. The van der Waals surface area contributed by atoms with Crippen molar-refractivity contribution in [2.75, 3.05) is 7.11 Å². The average molecular weight is 325 g/mol. The molecule has 0 atom stereocenters. The summed E-state index contributed by atoms with van der Waals surface area (Å²) in [6.45, 7) is 0. The number of hydrogen-bond donors (Lipinski definition) is 1. The molecule has 0 fully saturated rings. The van der Waals surface area contributed by atoms with E-state index < -0.39 is 5.97 Å². The Morgan fingerprint density at radius 3 is 2.61 bits per heavy atom. The Labute approximate surface area is 137 Å². The normalized spacial score (nSPS) is 11.6. The van der Waals surface area contributed by atoms with Crippen LogP contribution in [0.1, 0.15) is 17.0 Å². The Bertz CT molecular complexity index is 832. The highest BCUT2D eigenvalue weighted by molar-refractivity contribution is 7.19. The van der Waals surface area contributed by atoms with Gasteiger partial charge in [-0.2, -0.15) is 0 Å². The Kier molecular flexibility index (Phi) is 4.39. The number of thiazole rings is 1. The summed E-state index contributed by atoms with van der Waals surface area (Å²) in [6.07, 6.45) is 1.80. The monoisotopic (exact) mass is 325 g/mol. The van der Waals surface area contributed by atoms with E-state index in [9.17, 15) is 9.90 Å². The molecule has 23 heavy (non-hydrogen) atoms. The van der Waals surface area contributed by atoms with E-state index in [1.54, 1.807) is 7.11 Å². The molecule has 1 heterocycles. The standard InChI is InChI=1S/C18H15NO3S/c1-22-14-8-6-12(7-9-14)10-13(11-17(20)21)18-19-15-4-2-3-5-16(15)23-18/h2-10H,11H2,1H3,(H,20,21)/b13-10-. The molecule has 0 saturated carbocycles. The molecule has 5 heteroatoms. The van der Waals surface area contributed by atoms with Crippen molar-refractivity contribution in [1.82, 2.24) is 4.98 Å². The molecule has 2 aromatic carbocycles. The molecule has 3 aromatic rings. The van der Waals surface area contributed by atoms with E-state index in [0.717, 1.165) is 26.5 Å². The van der Waals surface area contributed by atoms with E-state index >= 15 is 0 Å². The van der Waals surface area contributed by atoms with Crippen molar-refractivity contribution in [3.63, 3.8) is 0 Å². The van der Waals surface area contributed by atoms with Crippen molar-refractivity contribution in [2.24, 2.45) is 0 Å². The Balaban J connectivity index is 2.01. The summed E-state index contributed by atoms with van der Waals surface area (Å²) in [5, 5.41) is 9.94. The number of aromatic nitrogens is 1. The molecule has 4 nitrogen and oxygen atoms in total. The van der Waals surface area contributed by atoms with Gasteiger partial charge in [0.25, 0.3) is 0 Å². The predicted octanol–water partition coefficient (Wildman–Crippen LogP) is 4.32. The van der Waals surface area contributed by atoms with E-state index in [1.165, 1.54) is 11.3 Å². The zero-order chi connectivity index (χ0) is 16.2. The minimum absolute atomic E-state index is 0.0636. The van der Waals surface area contributed by atoms with Gasteiger partial charge in [-0.25, -0.2) is 4.98 Å². The van der Waals surface area contributed by atoms with Gasteiger partial charge in [-0.1, -0.05) is 24.3 Å². The number of carboxylic acid groups (broad SMARTS) is 1. The third-order valence-electron chi connectivity index (χ3n) is 3.37. The van der Waals surface area contributed by atoms with Crippen LogP contribution in [-0.2, 0) is 4.79 Å². The molecular formula is C18H15NO3S. The maximum atomic E-state index is 11.2. The lowest BCUT2D eigenvalue weighted by Crippen LogP contribution is -1.97. The van der Waals surface area contributed by atoms with Crippen LogP contribution in [0.5, 0.6) is 5.75 Å². The lowest BCUT2D eigenvalue weighted by molar-refractivity contribution is -0.135. The fraction of sp³-hybridized carbons (Fsp3) is 0.111. The van der Waals surface area contributed by atoms with Gasteiger partial charge in [0.2, 0.25) is 0 Å². The van der Waals surface area contributed by atoms with Crippen LogP contribution in [0.4, 0.5) is 0 Å². The van der Waals surface area contributed by atoms with Crippen LogP contribution >= 0.6 is 11.3 Å². The van der Waals surface area contributed by atoms with Crippen LogP contribution in [0.2, 0.25) is 0 Å². The van der Waals surface area contributed by atoms with E-state index in [4.69, 9.17) is 4.74 Å². The van der Waals surface area contributed by atoms with E-state index in [2.05, 4.69) is 4.98 Å². The lowest BCUT2D eigenvalue weighted by Gasteiger charge is -2.03. The number of hydrogen-bond acceptors (Lipinski definition) is 4. The van der Waals surface area contributed by atoms with Crippen molar-refractivity contribution in [1.29, 1.82) is 0 Å². The second kappa shape index (κ2) is 6.62. The maximum absolute atomic E-state index is 11.2. The van der Waals surface area contributed by atoms with E-state index in [1.807, 2.05) is 54.6 Å². The first-order valence-corrected chi connectivity index (χ1v) is 7.90. The first-order chi connectivity index (χ1) is 11.2. The number of carbonyl (C=O) groups is 1. The molecule has 1 aromatic heterocycles. The molecule has 0 bridgehead atoms. The zero-order valence-electron chi connectivity index (χ0n) is 12.5. The van der Waals surface area contributed by atoms with Gasteiger partial charge in [-0.05, 0) is 41.5 Å². The highest BCUT2D eigenvalue weighted by Crippen LogP contribution is 2.30. The number of rotatable bonds is 5. The van der Waals surface area contributed by atoms with Gasteiger partial charge in [0, 0.05) is 0 Å². The third kappa shape index (κ3) is 3.57. The minimum Gasteiger partial charge on any atom is -0.497 e. The van der Waals surface area contributed by atoms with Crippen LogP contribution in [0.25, 0.3) is 21.9 Å². The number of carboxylic acids is 1. The first-order valence-electron chi connectivity index (χ1n) is 7.08. The molecule has 0 aliphatic heterocycles. The van der Waals surface area contributed by atoms with Gasteiger partial charge in [-0.15, -0.1) is 11.3 Å². The largest absolute Gasteiger partial charge is 0.497 e.